The topological polar surface area (TPSA) is 89.2 Å². The molecule has 1 fully saturated rings. The van der Waals surface area contributed by atoms with E-state index in [4.69, 9.17) is 15.5 Å². The van der Waals surface area contributed by atoms with Crippen molar-refractivity contribution in [2.45, 2.75) is 64.3 Å². The monoisotopic (exact) mass is 427 g/mol. The van der Waals surface area contributed by atoms with Gasteiger partial charge in [0.15, 0.2) is 0 Å². The zero-order valence-corrected chi connectivity index (χ0v) is 18.7. The Hall–Kier alpha value is -3.33. The molecule has 0 bridgehead atoms. The number of imidazole rings is 1. The number of allylic oxidation sites excluding steroid dienone is 3. The van der Waals surface area contributed by atoms with Crippen LogP contribution in [0.5, 0.6) is 0 Å². The number of aliphatic imine (C=N–C) groups is 1. The highest BCUT2D eigenvalue weighted by molar-refractivity contribution is 6.05. The largest absolute Gasteiger partial charge is 0.444 e. The summed E-state index contributed by atoms with van der Waals surface area (Å²) in [5, 5.41) is 10.1. The van der Waals surface area contributed by atoms with E-state index in [2.05, 4.69) is 42.2 Å². The Bertz CT molecular complexity index is 1160. The SMILES string of the molecule is Cc1nccn1-c1ccc(C2C(C#N)=C(N)OC3=C2C(C2CCCC2)=NC(C)CC3)cc1. The Morgan fingerprint density at radius 1 is 1.16 bits per heavy atom. The summed E-state index contributed by atoms with van der Waals surface area (Å²) in [4.78, 5) is 9.50. The van der Waals surface area contributed by atoms with Crippen molar-refractivity contribution in [3.05, 3.63) is 70.8 Å². The molecule has 164 valence electrons. The standard InChI is InChI=1S/C26H29N5O/c1-16-7-12-22-24(25(30-16)19-5-3-4-6-19)23(21(15-27)26(28)32-22)18-8-10-20(11-9-18)31-14-13-29-17(31)2/h8-11,13-14,16,19,23H,3-7,12,28H2,1-2H3. The first-order valence-corrected chi connectivity index (χ1v) is 11.6. The summed E-state index contributed by atoms with van der Waals surface area (Å²) in [7, 11) is 0. The molecule has 1 aliphatic carbocycles. The van der Waals surface area contributed by atoms with E-state index >= 15 is 0 Å². The van der Waals surface area contributed by atoms with E-state index in [0.717, 1.165) is 59.8 Å². The van der Waals surface area contributed by atoms with Crippen LogP contribution in [-0.4, -0.2) is 21.3 Å². The van der Waals surface area contributed by atoms with Gasteiger partial charge in [-0.15, -0.1) is 0 Å². The molecule has 3 aliphatic rings. The van der Waals surface area contributed by atoms with Crippen LogP contribution in [0, 0.1) is 24.2 Å². The van der Waals surface area contributed by atoms with E-state index in [1.807, 2.05) is 17.7 Å². The van der Waals surface area contributed by atoms with E-state index in [0.29, 0.717) is 11.5 Å². The fourth-order valence-corrected chi connectivity index (χ4v) is 5.33. The second kappa shape index (κ2) is 8.31. The van der Waals surface area contributed by atoms with Gasteiger partial charge in [0, 0.05) is 47.7 Å². The van der Waals surface area contributed by atoms with Crippen molar-refractivity contribution in [1.82, 2.24) is 9.55 Å². The normalized spacial score (nSPS) is 24.0. The minimum Gasteiger partial charge on any atom is -0.444 e. The van der Waals surface area contributed by atoms with Crippen molar-refractivity contribution in [2.75, 3.05) is 0 Å². The van der Waals surface area contributed by atoms with Crippen molar-refractivity contribution in [1.29, 1.82) is 5.26 Å². The summed E-state index contributed by atoms with van der Waals surface area (Å²) in [6.45, 7) is 4.16. The minimum absolute atomic E-state index is 0.228. The summed E-state index contributed by atoms with van der Waals surface area (Å²) in [6.07, 6.45) is 10.2. The summed E-state index contributed by atoms with van der Waals surface area (Å²) in [5.41, 5.74) is 11.1. The summed E-state index contributed by atoms with van der Waals surface area (Å²) in [6, 6.07) is 10.9. The fraction of sp³-hybridized carbons (Fsp3) is 0.423. The molecule has 6 nitrogen and oxygen atoms in total. The third-order valence-corrected chi connectivity index (χ3v) is 6.99. The van der Waals surface area contributed by atoms with E-state index in [9.17, 15) is 5.26 Å². The van der Waals surface area contributed by atoms with Crippen molar-refractivity contribution in [3.63, 3.8) is 0 Å². The Morgan fingerprint density at radius 2 is 1.91 bits per heavy atom. The van der Waals surface area contributed by atoms with Crippen molar-refractivity contribution < 1.29 is 4.74 Å². The quantitative estimate of drug-likeness (QED) is 0.742. The number of nitriles is 1. The van der Waals surface area contributed by atoms with E-state index in [1.165, 1.54) is 12.8 Å². The molecule has 6 heteroatoms. The molecule has 32 heavy (non-hydrogen) atoms. The molecular formula is C26H29N5O. The Morgan fingerprint density at radius 3 is 2.56 bits per heavy atom. The third-order valence-electron chi connectivity index (χ3n) is 6.99. The number of ether oxygens (including phenoxy) is 1. The molecule has 0 amide bonds. The van der Waals surface area contributed by atoms with Gasteiger partial charge in [-0.2, -0.15) is 5.26 Å². The number of hydrogen-bond acceptors (Lipinski definition) is 5. The van der Waals surface area contributed by atoms with E-state index in [1.54, 1.807) is 6.20 Å². The van der Waals surface area contributed by atoms with Crippen LogP contribution in [-0.2, 0) is 4.74 Å². The van der Waals surface area contributed by atoms with Crippen LogP contribution < -0.4 is 5.73 Å². The van der Waals surface area contributed by atoms with Gasteiger partial charge in [0.05, 0.1) is 5.92 Å². The number of rotatable bonds is 3. The average Bonchev–Trinajstić information content (AvgIpc) is 3.45. The first kappa shape index (κ1) is 20.6. The summed E-state index contributed by atoms with van der Waals surface area (Å²) >= 11 is 0. The predicted octanol–water partition coefficient (Wildman–Crippen LogP) is 5.06. The zero-order chi connectivity index (χ0) is 22.2. The maximum atomic E-state index is 10.1. The lowest BCUT2D eigenvalue weighted by molar-refractivity contribution is 0.265. The molecule has 0 saturated heterocycles. The molecular weight excluding hydrogens is 398 g/mol. The molecule has 2 unspecified atom stereocenters. The number of aryl methyl sites for hydroxylation is 1. The van der Waals surface area contributed by atoms with Crippen molar-refractivity contribution >= 4 is 5.71 Å². The van der Waals surface area contributed by atoms with Gasteiger partial charge in [0.2, 0.25) is 5.88 Å². The van der Waals surface area contributed by atoms with Crippen LogP contribution in [0.25, 0.3) is 5.69 Å². The van der Waals surface area contributed by atoms with E-state index < -0.39 is 0 Å². The molecule has 1 aromatic carbocycles. The lowest BCUT2D eigenvalue weighted by Crippen LogP contribution is -2.27. The predicted molar refractivity (Wildman–Crippen MR) is 124 cm³/mol. The summed E-state index contributed by atoms with van der Waals surface area (Å²) < 4.78 is 8.13. The van der Waals surface area contributed by atoms with Gasteiger partial charge >= 0.3 is 0 Å². The maximum Gasteiger partial charge on any atom is 0.205 e. The molecule has 2 atom stereocenters. The Labute approximate surface area is 189 Å². The number of benzene rings is 1. The van der Waals surface area contributed by atoms with Crippen LogP contribution >= 0.6 is 0 Å². The molecule has 2 aromatic rings. The lowest BCUT2D eigenvalue weighted by atomic mass is 9.77. The smallest absolute Gasteiger partial charge is 0.205 e. The molecule has 3 heterocycles. The zero-order valence-electron chi connectivity index (χ0n) is 18.7. The van der Waals surface area contributed by atoms with Gasteiger partial charge < -0.3 is 15.0 Å². The first-order valence-electron chi connectivity index (χ1n) is 11.6. The van der Waals surface area contributed by atoms with Gasteiger partial charge in [-0.05, 0) is 50.8 Å². The fourth-order valence-electron chi connectivity index (χ4n) is 5.33. The van der Waals surface area contributed by atoms with Crippen LogP contribution in [0.3, 0.4) is 0 Å². The second-order valence-electron chi connectivity index (χ2n) is 9.08. The number of aromatic nitrogens is 2. The van der Waals surface area contributed by atoms with Crippen LogP contribution in [0.2, 0.25) is 0 Å². The minimum atomic E-state index is -0.244. The number of hydrogen-bond donors (Lipinski definition) is 1. The van der Waals surface area contributed by atoms with Gasteiger partial charge in [-0.3, -0.25) is 4.99 Å². The number of nitrogens with zero attached hydrogens (tertiary/aromatic N) is 4. The molecule has 1 saturated carbocycles. The molecule has 2 aliphatic heterocycles. The molecule has 1 aromatic heterocycles. The molecule has 2 N–H and O–H groups in total. The third kappa shape index (κ3) is 3.52. The van der Waals surface area contributed by atoms with Gasteiger partial charge in [-0.25, -0.2) is 4.98 Å². The molecule has 5 rings (SSSR count). The lowest BCUT2D eigenvalue weighted by Gasteiger charge is -2.31. The summed E-state index contributed by atoms with van der Waals surface area (Å²) in [5.74, 6) is 2.25. The van der Waals surface area contributed by atoms with Gasteiger partial charge in [0.1, 0.15) is 23.2 Å². The average molecular weight is 428 g/mol. The Kier molecular flexibility index (Phi) is 5.34. The highest BCUT2D eigenvalue weighted by Gasteiger charge is 2.39. The van der Waals surface area contributed by atoms with Gasteiger partial charge in [-0.1, -0.05) is 25.0 Å². The highest BCUT2D eigenvalue weighted by atomic mass is 16.5. The first-order chi connectivity index (χ1) is 15.6. The van der Waals surface area contributed by atoms with Crippen molar-refractivity contribution in [3.8, 4) is 11.8 Å². The van der Waals surface area contributed by atoms with Crippen LogP contribution in [0.15, 0.2) is 64.4 Å². The Balaban J connectivity index is 1.62. The highest BCUT2D eigenvalue weighted by Crippen LogP contribution is 2.45. The van der Waals surface area contributed by atoms with Gasteiger partial charge in [0.25, 0.3) is 0 Å². The van der Waals surface area contributed by atoms with Crippen LogP contribution in [0.1, 0.15) is 62.8 Å². The molecule has 0 spiro atoms. The second-order valence-corrected chi connectivity index (χ2v) is 9.08. The van der Waals surface area contributed by atoms with Crippen LogP contribution in [0.4, 0.5) is 0 Å². The van der Waals surface area contributed by atoms with E-state index in [-0.39, 0.29) is 17.8 Å². The molecule has 0 radical (unpaired) electrons. The maximum absolute atomic E-state index is 10.1. The number of nitrogens with two attached hydrogens (primary N) is 1. The van der Waals surface area contributed by atoms with Crippen molar-refractivity contribution in [2.24, 2.45) is 16.6 Å².